The van der Waals surface area contributed by atoms with Crippen LogP contribution in [0.4, 0.5) is 4.79 Å². The van der Waals surface area contributed by atoms with Gasteiger partial charge < -0.3 is 14.8 Å². The van der Waals surface area contributed by atoms with Crippen molar-refractivity contribution in [1.29, 1.82) is 0 Å². The standard InChI is InChI=1S/C19H38NO7P/c1-15(2)11-19(7-9-20-10-8-19)27-18(21)23-14-26-28(22,24-12-16(3)4)25-13-17(5)6/h15-17,20H,7-14H2,1-6H3. The summed E-state index contributed by atoms with van der Waals surface area (Å²) in [6, 6.07) is 0. The summed E-state index contributed by atoms with van der Waals surface area (Å²) in [6.45, 7) is 13.3. The van der Waals surface area contributed by atoms with Crippen LogP contribution in [0.25, 0.3) is 0 Å². The predicted molar refractivity (Wildman–Crippen MR) is 107 cm³/mol. The molecule has 0 bridgehead atoms. The molecule has 1 heterocycles. The van der Waals surface area contributed by atoms with Gasteiger partial charge in [0.15, 0.2) is 0 Å². The van der Waals surface area contributed by atoms with Crippen LogP contribution in [0.2, 0.25) is 0 Å². The highest BCUT2D eigenvalue weighted by Crippen LogP contribution is 2.50. The van der Waals surface area contributed by atoms with E-state index in [9.17, 15) is 9.36 Å². The number of hydrogen-bond acceptors (Lipinski definition) is 8. The van der Waals surface area contributed by atoms with E-state index < -0.39 is 26.4 Å². The SMILES string of the molecule is CC(C)COP(=O)(OCOC(=O)OC1(CC(C)C)CCNCC1)OCC(C)C. The zero-order valence-electron chi connectivity index (χ0n) is 18.2. The molecule has 28 heavy (non-hydrogen) atoms. The van der Waals surface area contributed by atoms with Crippen LogP contribution in [0.1, 0.15) is 60.8 Å². The Labute approximate surface area is 169 Å². The highest BCUT2D eigenvalue weighted by Gasteiger charge is 2.37. The third kappa shape index (κ3) is 10.2. The molecule has 0 aliphatic carbocycles. The summed E-state index contributed by atoms with van der Waals surface area (Å²) >= 11 is 0. The van der Waals surface area contributed by atoms with Gasteiger partial charge in [-0.25, -0.2) is 13.9 Å². The second-order valence-electron chi connectivity index (χ2n) is 8.60. The van der Waals surface area contributed by atoms with Gasteiger partial charge in [0.05, 0.1) is 13.2 Å². The highest BCUT2D eigenvalue weighted by atomic mass is 31.2. The Morgan fingerprint density at radius 1 is 0.929 bits per heavy atom. The molecule has 1 saturated heterocycles. The largest absolute Gasteiger partial charge is 0.510 e. The second kappa shape index (κ2) is 12.1. The molecule has 1 aliphatic heterocycles. The molecule has 1 aliphatic rings. The van der Waals surface area contributed by atoms with Crippen LogP contribution in [0.3, 0.4) is 0 Å². The number of ether oxygens (including phenoxy) is 2. The lowest BCUT2D eigenvalue weighted by molar-refractivity contribution is -0.0815. The molecular formula is C19H38NO7P. The van der Waals surface area contributed by atoms with Crippen molar-refractivity contribution >= 4 is 14.0 Å². The summed E-state index contributed by atoms with van der Waals surface area (Å²) in [7, 11) is -3.81. The van der Waals surface area contributed by atoms with E-state index in [0.29, 0.717) is 5.92 Å². The molecule has 0 saturated carbocycles. The smallest absolute Gasteiger partial charge is 0.428 e. The van der Waals surface area contributed by atoms with Crippen molar-refractivity contribution < 1.29 is 32.4 Å². The van der Waals surface area contributed by atoms with E-state index in [1.165, 1.54) is 0 Å². The maximum atomic E-state index is 12.7. The third-order valence-corrected chi connectivity index (χ3v) is 5.47. The number of phosphoric ester groups is 1. The molecule has 1 N–H and O–H groups in total. The Bertz CT molecular complexity index is 489. The van der Waals surface area contributed by atoms with E-state index in [1.54, 1.807) is 0 Å². The van der Waals surface area contributed by atoms with Crippen molar-refractivity contribution in [3.05, 3.63) is 0 Å². The lowest BCUT2D eigenvalue weighted by Crippen LogP contribution is -2.46. The third-order valence-electron chi connectivity index (χ3n) is 4.11. The summed E-state index contributed by atoms with van der Waals surface area (Å²) in [4.78, 5) is 12.2. The normalized spacial score (nSPS) is 17.3. The van der Waals surface area contributed by atoms with Crippen molar-refractivity contribution in [2.24, 2.45) is 17.8 Å². The van der Waals surface area contributed by atoms with E-state index in [1.807, 2.05) is 27.7 Å². The molecule has 0 unspecified atom stereocenters. The van der Waals surface area contributed by atoms with Crippen LogP contribution in [0.5, 0.6) is 0 Å². The zero-order chi connectivity index (χ0) is 21.2. The molecule has 0 radical (unpaired) electrons. The van der Waals surface area contributed by atoms with Crippen LogP contribution in [-0.4, -0.2) is 44.9 Å². The number of rotatable bonds is 12. The molecule has 0 spiro atoms. The minimum Gasteiger partial charge on any atom is -0.428 e. The Morgan fingerprint density at radius 3 is 1.93 bits per heavy atom. The first-order valence-electron chi connectivity index (χ1n) is 10.2. The summed E-state index contributed by atoms with van der Waals surface area (Å²) in [5.41, 5.74) is -0.539. The highest BCUT2D eigenvalue weighted by molar-refractivity contribution is 7.48. The summed E-state index contributed by atoms with van der Waals surface area (Å²) in [5.74, 6) is 0.693. The molecule has 0 aromatic rings. The van der Waals surface area contributed by atoms with E-state index >= 15 is 0 Å². The van der Waals surface area contributed by atoms with Crippen LogP contribution in [-0.2, 0) is 27.6 Å². The van der Waals surface area contributed by atoms with Crippen molar-refractivity contribution in [3.63, 3.8) is 0 Å². The monoisotopic (exact) mass is 423 g/mol. The van der Waals surface area contributed by atoms with E-state index in [0.717, 1.165) is 32.4 Å². The summed E-state index contributed by atoms with van der Waals surface area (Å²) < 4.78 is 39.2. The number of carbonyl (C=O) groups is 1. The molecule has 0 atom stereocenters. The average molecular weight is 423 g/mol. The molecule has 166 valence electrons. The molecule has 0 amide bonds. The van der Waals surface area contributed by atoms with Crippen LogP contribution in [0.15, 0.2) is 0 Å². The lowest BCUT2D eigenvalue weighted by atomic mass is 9.84. The van der Waals surface area contributed by atoms with Gasteiger partial charge in [-0.1, -0.05) is 41.5 Å². The molecule has 1 rings (SSSR count). The van der Waals surface area contributed by atoms with Gasteiger partial charge in [-0.3, -0.25) is 9.05 Å². The number of carbonyl (C=O) groups excluding carboxylic acids is 1. The van der Waals surface area contributed by atoms with Gasteiger partial charge in [0, 0.05) is 0 Å². The van der Waals surface area contributed by atoms with Crippen molar-refractivity contribution in [1.82, 2.24) is 5.32 Å². The summed E-state index contributed by atoms with van der Waals surface area (Å²) in [6.07, 6.45) is 1.39. The fourth-order valence-corrected chi connectivity index (χ4v) is 4.28. The van der Waals surface area contributed by atoms with Gasteiger partial charge in [0.2, 0.25) is 6.79 Å². The van der Waals surface area contributed by atoms with Gasteiger partial charge in [0.25, 0.3) is 0 Å². The van der Waals surface area contributed by atoms with Crippen molar-refractivity contribution in [2.45, 2.75) is 66.4 Å². The quantitative estimate of drug-likeness (QED) is 0.273. The zero-order valence-corrected chi connectivity index (χ0v) is 19.1. The minimum atomic E-state index is -3.81. The Morgan fingerprint density at radius 2 is 1.46 bits per heavy atom. The first kappa shape index (κ1) is 25.4. The van der Waals surface area contributed by atoms with Crippen molar-refractivity contribution in [2.75, 3.05) is 33.1 Å². The lowest BCUT2D eigenvalue weighted by Gasteiger charge is -2.37. The molecule has 1 fully saturated rings. The predicted octanol–water partition coefficient (Wildman–Crippen LogP) is 4.74. The van der Waals surface area contributed by atoms with Crippen LogP contribution < -0.4 is 5.32 Å². The number of hydrogen-bond donors (Lipinski definition) is 1. The van der Waals surface area contributed by atoms with Gasteiger partial charge in [-0.2, -0.15) is 0 Å². The fraction of sp³-hybridized carbons (Fsp3) is 0.947. The number of phosphoric acid groups is 1. The molecular weight excluding hydrogens is 385 g/mol. The van der Waals surface area contributed by atoms with Gasteiger partial charge in [0.1, 0.15) is 5.60 Å². The van der Waals surface area contributed by atoms with E-state index in [2.05, 4.69) is 19.2 Å². The van der Waals surface area contributed by atoms with Crippen LogP contribution in [0, 0.1) is 17.8 Å². The molecule has 0 aromatic carbocycles. The van der Waals surface area contributed by atoms with E-state index in [4.69, 9.17) is 23.0 Å². The van der Waals surface area contributed by atoms with E-state index in [-0.39, 0.29) is 25.0 Å². The summed E-state index contributed by atoms with van der Waals surface area (Å²) in [5, 5.41) is 3.27. The molecule has 8 nitrogen and oxygen atoms in total. The van der Waals surface area contributed by atoms with Crippen LogP contribution >= 0.6 is 7.82 Å². The molecule has 9 heteroatoms. The van der Waals surface area contributed by atoms with Gasteiger partial charge >= 0.3 is 14.0 Å². The van der Waals surface area contributed by atoms with Gasteiger partial charge in [-0.15, -0.1) is 0 Å². The first-order chi connectivity index (χ1) is 13.1. The number of nitrogens with one attached hydrogen (secondary N) is 1. The topological polar surface area (TPSA) is 92.3 Å². The molecule has 0 aromatic heterocycles. The number of piperidine rings is 1. The maximum Gasteiger partial charge on any atom is 0.510 e. The van der Waals surface area contributed by atoms with Gasteiger partial charge in [-0.05, 0) is 50.1 Å². The first-order valence-corrected chi connectivity index (χ1v) is 11.6. The maximum absolute atomic E-state index is 12.7. The fourth-order valence-electron chi connectivity index (χ4n) is 2.91. The minimum absolute atomic E-state index is 0.154. The Balaban J connectivity index is 2.56. The average Bonchev–Trinajstić information content (AvgIpc) is 2.58. The van der Waals surface area contributed by atoms with Crippen molar-refractivity contribution in [3.8, 4) is 0 Å². The Hall–Kier alpha value is -0.660. The second-order valence-corrected chi connectivity index (χ2v) is 10.3. The Kier molecular flexibility index (Phi) is 11.0.